The monoisotopic (exact) mass is 859 g/mol. The molecule has 326 valence electrons. The van der Waals surface area contributed by atoms with Crippen molar-refractivity contribution in [2.24, 2.45) is 0 Å². The zero-order valence-electron chi connectivity index (χ0n) is 34.8. The van der Waals surface area contributed by atoms with Crippen LogP contribution in [-0.2, 0) is 20.9 Å². The van der Waals surface area contributed by atoms with Gasteiger partial charge in [0, 0.05) is 60.6 Å². The number of rotatable bonds is 13. The van der Waals surface area contributed by atoms with Gasteiger partial charge in [0.25, 0.3) is 11.8 Å². The Morgan fingerprint density at radius 1 is 0.937 bits per heavy atom. The van der Waals surface area contributed by atoms with E-state index in [-0.39, 0.29) is 79.1 Å². The summed E-state index contributed by atoms with van der Waals surface area (Å²) in [5, 5.41) is 36.2. The van der Waals surface area contributed by atoms with Crippen molar-refractivity contribution in [3.8, 4) is 51.1 Å². The van der Waals surface area contributed by atoms with Gasteiger partial charge in [0.2, 0.25) is 11.8 Å². The van der Waals surface area contributed by atoms with Crippen molar-refractivity contribution >= 4 is 41.5 Å². The predicted molar refractivity (Wildman–Crippen MR) is 228 cm³/mol. The Labute approximate surface area is 361 Å². The van der Waals surface area contributed by atoms with Gasteiger partial charge in [-0.1, -0.05) is 32.0 Å². The number of H-pyrrole nitrogens is 1. The van der Waals surface area contributed by atoms with Gasteiger partial charge in [-0.25, -0.2) is 9.59 Å². The fourth-order valence-electron chi connectivity index (χ4n) is 7.27. The summed E-state index contributed by atoms with van der Waals surface area (Å²) in [6.45, 7) is 5.90. The molecule has 6 N–H and O–H groups in total. The minimum absolute atomic E-state index is 0.00170. The Bertz CT molecular complexity index is 2590. The summed E-state index contributed by atoms with van der Waals surface area (Å²) in [4.78, 5) is 78.3. The molecule has 0 aliphatic carbocycles. The van der Waals surface area contributed by atoms with Crippen molar-refractivity contribution in [3.63, 3.8) is 0 Å². The summed E-state index contributed by atoms with van der Waals surface area (Å²) in [5.41, 5.74) is 3.72. The zero-order chi connectivity index (χ0) is 44.9. The third kappa shape index (κ3) is 9.39. The number of imide groups is 1. The molecular weight excluding hydrogens is 815 g/mol. The van der Waals surface area contributed by atoms with E-state index in [4.69, 9.17) is 14.2 Å². The quantitative estimate of drug-likeness (QED) is 0.0719. The molecule has 1 aromatic heterocycles. The second-order valence-electron chi connectivity index (χ2n) is 15.1. The maximum absolute atomic E-state index is 13.1. The number of amides is 6. The van der Waals surface area contributed by atoms with Crippen LogP contribution in [0, 0.1) is 0 Å². The fraction of sp³-hybridized carbons (Fsp3) is 0.267. The van der Waals surface area contributed by atoms with E-state index in [2.05, 4.69) is 26.1 Å². The summed E-state index contributed by atoms with van der Waals surface area (Å²) in [5.74, 6) is -0.841. The standard InChI is InChI=1S/C45H45N7O11/c1-5-46-42(57)40-38(39(49-50-40)31-21-30(24(2)3)35(53)22-36(31)54)25-9-11-26(12-10-25)62-27-13-15-28(16-14-27)63-45(60)51(4)19-20-61-44(59)47-33-8-6-7-29-32(33)23-52(43(29)58)34-17-18-37(55)48-41(34)56/h6-16,21-22,24,34,53-54H,5,17-20,23H2,1-4H3,(H,46,57)(H,47,59)(H,49,50)(H,48,55,56). The number of carbonyl (C=O) groups excluding carboxylic acids is 6. The molecule has 1 fully saturated rings. The lowest BCUT2D eigenvalue weighted by molar-refractivity contribution is -0.136. The van der Waals surface area contributed by atoms with Gasteiger partial charge in [0.05, 0.1) is 6.54 Å². The summed E-state index contributed by atoms with van der Waals surface area (Å²) in [7, 11) is 1.48. The second-order valence-corrected chi connectivity index (χ2v) is 15.1. The molecule has 63 heavy (non-hydrogen) atoms. The molecule has 1 atom stereocenters. The van der Waals surface area contributed by atoms with Crippen molar-refractivity contribution in [2.45, 2.75) is 52.1 Å². The highest BCUT2D eigenvalue weighted by atomic mass is 16.6. The number of benzene rings is 4. The van der Waals surface area contributed by atoms with Crippen LogP contribution in [0.3, 0.4) is 0 Å². The number of aromatic hydroxyl groups is 2. The van der Waals surface area contributed by atoms with E-state index in [0.29, 0.717) is 62.8 Å². The van der Waals surface area contributed by atoms with Crippen LogP contribution < -0.4 is 25.4 Å². The highest BCUT2D eigenvalue weighted by Crippen LogP contribution is 2.42. The molecule has 4 aromatic carbocycles. The average Bonchev–Trinajstić information content (AvgIpc) is 3.84. The first kappa shape index (κ1) is 43.2. The van der Waals surface area contributed by atoms with Crippen LogP contribution in [0.5, 0.6) is 28.7 Å². The summed E-state index contributed by atoms with van der Waals surface area (Å²) in [6.07, 6.45) is -1.19. The van der Waals surface area contributed by atoms with Gasteiger partial charge in [0.1, 0.15) is 52.8 Å². The summed E-state index contributed by atoms with van der Waals surface area (Å²) >= 11 is 0. The average molecular weight is 860 g/mol. The maximum Gasteiger partial charge on any atom is 0.415 e. The number of fused-ring (bicyclic) bond motifs is 1. The topological polar surface area (TPSA) is 242 Å². The first-order chi connectivity index (χ1) is 30.2. The Balaban J connectivity index is 0.920. The molecule has 7 rings (SSSR count). The van der Waals surface area contributed by atoms with Crippen LogP contribution in [0.1, 0.15) is 71.5 Å². The number of ether oxygens (including phenoxy) is 3. The third-order valence-electron chi connectivity index (χ3n) is 10.6. The largest absolute Gasteiger partial charge is 0.508 e. The van der Waals surface area contributed by atoms with Crippen LogP contribution in [0.2, 0.25) is 0 Å². The lowest BCUT2D eigenvalue weighted by Crippen LogP contribution is -2.52. The molecule has 18 nitrogen and oxygen atoms in total. The Hall–Kier alpha value is -7.89. The molecular formula is C45H45N7O11. The molecule has 3 heterocycles. The SMILES string of the molecule is CCNC(=O)c1[nH]nc(-c2cc(C(C)C)c(O)cc2O)c1-c1ccc(Oc2ccc(OC(=O)N(C)CCOC(=O)Nc3cccc4c3CN(C3CCC(=O)NC3=O)C4=O)cc2)cc1. The number of phenols is 2. The third-order valence-corrected chi connectivity index (χ3v) is 10.6. The lowest BCUT2D eigenvalue weighted by atomic mass is 9.93. The molecule has 18 heteroatoms. The molecule has 1 unspecified atom stereocenters. The van der Waals surface area contributed by atoms with Gasteiger partial charge >= 0.3 is 12.2 Å². The first-order valence-corrected chi connectivity index (χ1v) is 20.2. The Morgan fingerprint density at radius 2 is 1.63 bits per heavy atom. The number of hydrogen-bond donors (Lipinski definition) is 6. The van der Waals surface area contributed by atoms with Crippen LogP contribution in [0.4, 0.5) is 15.3 Å². The number of nitrogens with one attached hydrogen (secondary N) is 4. The zero-order valence-corrected chi connectivity index (χ0v) is 34.8. The van der Waals surface area contributed by atoms with E-state index in [1.54, 1.807) is 79.7 Å². The molecule has 0 saturated carbocycles. The molecule has 0 bridgehead atoms. The van der Waals surface area contributed by atoms with Gasteiger partial charge in [0.15, 0.2) is 0 Å². The normalized spacial score (nSPS) is 14.5. The van der Waals surface area contributed by atoms with Crippen LogP contribution in [0.15, 0.2) is 78.9 Å². The predicted octanol–water partition coefficient (Wildman–Crippen LogP) is 6.26. The highest BCUT2D eigenvalue weighted by molar-refractivity contribution is 6.07. The fourth-order valence-corrected chi connectivity index (χ4v) is 7.27. The first-order valence-electron chi connectivity index (χ1n) is 20.2. The number of carbonyl (C=O) groups is 6. The highest BCUT2D eigenvalue weighted by Gasteiger charge is 2.40. The molecule has 6 amide bonds. The minimum atomic E-state index is -0.813. The van der Waals surface area contributed by atoms with Gasteiger partial charge in [-0.15, -0.1) is 0 Å². The van der Waals surface area contributed by atoms with Crippen molar-refractivity contribution < 1.29 is 53.2 Å². The van der Waals surface area contributed by atoms with Gasteiger partial charge in [-0.2, -0.15) is 5.10 Å². The second kappa shape index (κ2) is 18.4. The smallest absolute Gasteiger partial charge is 0.415 e. The Morgan fingerprint density at radius 3 is 2.32 bits per heavy atom. The van der Waals surface area contributed by atoms with Crippen LogP contribution in [0.25, 0.3) is 22.4 Å². The number of likely N-dealkylation sites (N-methyl/N-ethyl adjacent to an activating group) is 1. The Kier molecular flexibility index (Phi) is 12.6. The minimum Gasteiger partial charge on any atom is -0.508 e. The van der Waals surface area contributed by atoms with E-state index in [1.807, 2.05) is 13.8 Å². The maximum atomic E-state index is 13.1. The summed E-state index contributed by atoms with van der Waals surface area (Å²) < 4.78 is 16.8. The molecule has 1 saturated heterocycles. The lowest BCUT2D eigenvalue weighted by Gasteiger charge is -2.29. The number of piperidine rings is 1. The number of anilines is 1. The molecule has 2 aliphatic heterocycles. The van der Waals surface area contributed by atoms with Crippen LogP contribution >= 0.6 is 0 Å². The van der Waals surface area contributed by atoms with Crippen LogP contribution in [-0.4, -0.2) is 98.8 Å². The van der Waals surface area contributed by atoms with Gasteiger partial charge < -0.3 is 39.5 Å². The molecule has 0 spiro atoms. The van der Waals surface area contributed by atoms with Crippen molar-refractivity contribution in [1.29, 1.82) is 0 Å². The number of aromatic amines is 1. The number of phenolic OH excluding ortho intramolecular Hbond substituents is 2. The van der Waals surface area contributed by atoms with Crippen molar-refractivity contribution in [3.05, 3.63) is 101 Å². The van der Waals surface area contributed by atoms with Crippen molar-refractivity contribution in [2.75, 3.05) is 32.1 Å². The van der Waals surface area contributed by atoms with Crippen molar-refractivity contribution in [1.82, 2.24) is 30.6 Å². The van der Waals surface area contributed by atoms with E-state index < -0.39 is 24.1 Å². The molecule has 2 aliphatic rings. The number of nitrogens with zero attached hydrogens (tertiary/aromatic N) is 3. The van der Waals surface area contributed by atoms with E-state index in [9.17, 15) is 39.0 Å². The van der Waals surface area contributed by atoms with Gasteiger partial charge in [-0.3, -0.25) is 34.9 Å². The number of aromatic nitrogens is 2. The molecule has 0 radical (unpaired) electrons. The van der Waals surface area contributed by atoms with E-state index in [0.717, 1.165) is 0 Å². The van der Waals surface area contributed by atoms with Gasteiger partial charge in [-0.05, 0) is 85.0 Å². The molecule has 5 aromatic rings. The van der Waals surface area contributed by atoms with E-state index >= 15 is 0 Å². The van der Waals surface area contributed by atoms with E-state index in [1.165, 1.54) is 22.9 Å². The number of hydrogen-bond acceptors (Lipinski definition) is 12. The summed E-state index contributed by atoms with van der Waals surface area (Å²) in [6, 6.07) is 20.2.